The number of hydrogen-bond acceptors (Lipinski definition) is 4. The Labute approximate surface area is 160 Å². The van der Waals surface area contributed by atoms with Crippen LogP contribution in [0.5, 0.6) is 0 Å². The van der Waals surface area contributed by atoms with E-state index in [4.69, 9.17) is 0 Å². The molecule has 0 aromatic heterocycles. The van der Waals surface area contributed by atoms with Gasteiger partial charge in [-0.1, -0.05) is 49.6 Å². The number of carbonyl (C=O) groups is 2. The lowest BCUT2D eigenvalue weighted by molar-refractivity contribution is -0.134. The van der Waals surface area contributed by atoms with Crippen LogP contribution in [0.1, 0.15) is 56.6 Å². The van der Waals surface area contributed by atoms with Gasteiger partial charge in [-0.2, -0.15) is 0 Å². The first kappa shape index (κ1) is 18.4. The first-order valence-corrected chi connectivity index (χ1v) is 10.2. The standard InChI is InChI=1S/C21H29N3O3/c25-18(16-7-3-1-4-8-16)17-9-13-23(14-10-17)15-24-19(26)21(22-20(24)27)11-5-2-6-12-21/h1,3-4,7-8,17-18,25H,2,5-6,9-15H2,(H,22,27)/t18-/m1/s1. The van der Waals surface area contributed by atoms with Gasteiger partial charge in [0.05, 0.1) is 12.8 Å². The number of benzene rings is 1. The van der Waals surface area contributed by atoms with Gasteiger partial charge in [0.1, 0.15) is 5.54 Å². The number of amides is 3. The van der Waals surface area contributed by atoms with Gasteiger partial charge in [0, 0.05) is 13.1 Å². The molecular formula is C21H29N3O3. The Bertz CT molecular complexity index is 679. The third-order valence-electron chi connectivity index (χ3n) is 6.51. The van der Waals surface area contributed by atoms with Gasteiger partial charge in [0.15, 0.2) is 0 Å². The van der Waals surface area contributed by atoms with E-state index < -0.39 is 11.6 Å². The second-order valence-electron chi connectivity index (χ2n) is 8.26. The summed E-state index contributed by atoms with van der Waals surface area (Å²) in [7, 11) is 0. The Hall–Kier alpha value is -1.92. The maximum Gasteiger partial charge on any atom is 0.326 e. The van der Waals surface area contributed by atoms with Crippen LogP contribution < -0.4 is 5.32 Å². The van der Waals surface area contributed by atoms with Gasteiger partial charge >= 0.3 is 6.03 Å². The van der Waals surface area contributed by atoms with Crippen LogP contribution in [-0.2, 0) is 4.79 Å². The minimum atomic E-state index is -0.642. The first-order chi connectivity index (χ1) is 13.1. The topological polar surface area (TPSA) is 72.9 Å². The highest BCUT2D eigenvalue weighted by Gasteiger charge is 2.51. The molecule has 1 aromatic carbocycles. The Balaban J connectivity index is 1.33. The molecule has 0 unspecified atom stereocenters. The summed E-state index contributed by atoms with van der Waals surface area (Å²) in [6, 6.07) is 9.55. The Morgan fingerprint density at radius 3 is 2.41 bits per heavy atom. The molecule has 0 bridgehead atoms. The molecule has 2 saturated heterocycles. The summed E-state index contributed by atoms with van der Waals surface area (Å²) in [4.78, 5) is 28.9. The highest BCUT2D eigenvalue weighted by atomic mass is 16.3. The normalized spacial score (nSPS) is 25.0. The molecule has 6 heteroatoms. The van der Waals surface area contributed by atoms with E-state index in [2.05, 4.69) is 10.2 Å². The number of aliphatic hydroxyl groups excluding tert-OH is 1. The van der Waals surface area contributed by atoms with Crippen molar-refractivity contribution in [3.63, 3.8) is 0 Å². The molecule has 1 saturated carbocycles. The van der Waals surface area contributed by atoms with Crippen molar-refractivity contribution in [1.82, 2.24) is 15.1 Å². The average Bonchev–Trinajstić information content (AvgIpc) is 2.93. The number of aliphatic hydroxyl groups is 1. The van der Waals surface area contributed by atoms with Crippen LogP contribution in [0.25, 0.3) is 0 Å². The number of piperidine rings is 1. The number of hydrogen-bond donors (Lipinski definition) is 2. The van der Waals surface area contributed by atoms with Crippen LogP contribution in [0.2, 0.25) is 0 Å². The van der Waals surface area contributed by atoms with Gasteiger partial charge < -0.3 is 10.4 Å². The van der Waals surface area contributed by atoms with E-state index in [1.807, 2.05) is 30.3 Å². The molecule has 1 atom stereocenters. The molecule has 1 aliphatic carbocycles. The fourth-order valence-corrected chi connectivity index (χ4v) is 4.83. The van der Waals surface area contributed by atoms with E-state index in [1.165, 1.54) is 4.90 Å². The van der Waals surface area contributed by atoms with Crippen molar-refractivity contribution < 1.29 is 14.7 Å². The zero-order valence-corrected chi connectivity index (χ0v) is 15.8. The van der Waals surface area contributed by atoms with Crippen LogP contribution in [0, 0.1) is 5.92 Å². The molecule has 27 heavy (non-hydrogen) atoms. The molecule has 6 nitrogen and oxygen atoms in total. The summed E-state index contributed by atoms with van der Waals surface area (Å²) in [6.45, 7) is 1.94. The fourth-order valence-electron chi connectivity index (χ4n) is 4.83. The van der Waals surface area contributed by atoms with E-state index in [9.17, 15) is 14.7 Å². The third kappa shape index (κ3) is 3.60. The summed E-state index contributed by atoms with van der Waals surface area (Å²) >= 11 is 0. The maximum absolute atomic E-state index is 12.9. The zero-order valence-electron chi connectivity index (χ0n) is 15.8. The first-order valence-electron chi connectivity index (χ1n) is 10.2. The average molecular weight is 371 g/mol. The number of urea groups is 1. The number of carbonyl (C=O) groups excluding carboxylic acids is 2. The molecular weight excluding hydrogens is 342 g/mol. The van der Waals surface area contributed by atoms with Crippen molar-refractivity contribution in [2.45, 2.75) is 56.6 Å². The lowest BCUT2D eigenvalue weighted by Crippen LogP contribution is -2.49. The molecule has 2 heterocycles. The largest absolute Gasteiger partial charge is 0.388 e. The summed E-state index contributed by atoms with van der Waals surface area (Å²) in [6.07, 6.45) is 5.96. The lowest BCUT2D eigenvalue weighted by atomic mass is 9.82. The molecule has 0 radical (unpaired) electrons. The van der Waals surface area contributed by atoms with Crippen LogP contribution in [-0.4, -0.2) is 52.1 Å². The minimum absolute atomic E-state index is 0.0429. The summed E-state index contributed by atoms with van der Waals surface area (Å²) in [5.41, 5.74) is 0.321. The van der Waals surface area contributed by atoms with Gasteiger partial charge in [0.2, 0.25) is 0 Å². The molecule has 1 aromatic rings. The number of nitrogens with one attached hydrogen (secondary N) is 1. The Morgan fingerprint density at radius 1 is 1.07 bits per heavy atom. The van der Waals surface area contributed by atoms with Crippen molar-refractivity contribution in [1.29, 1.82) is 0 Å². The third-order valence-corrected chi connectivity index (χ3v) is 6.51. The van der Waals surface area contributed by atoms with Crippen LogP contribution in [0.3, 0.4) is 0 Å². The zero-order chi connectivity index (χ0) is 18.9. The number of rotatable bonds is 4. The highest BCUT2D eigenvalue weighted by Crippen LogP contribution is 2.35. The second-order valence-corrected chi connectivity index (χ2v) is 8.26. The number of nitrogens with zero attached hydrogens (tertiary/aromatic N) is 2. The Morgan fingerprint density at radius 2 is 1.74 bits per heavy atom. The lowest BCUT2D eigenvalue weighted by Gasteiger charge is -2.36. The molecule has 1 spiro atoms. The van der Waals surface area contributed by atoms with E-state index in [-0.39, 0.29) is 17.9 Å². The summed E-state index contributed by atoms with van der Waals surface area (Å²) in [5.74, 6) is 0.176. The number of imide groups is 1. The van der Waals surface area contributed by atoms with E-state index in [0.29, 0.717) is 6.67 Å². The van der Waals surface area contributed by atoms with Crippen molar-refractivity contribution in [2.75, 3.05) is 19.8 Å². The predicted octanol–water partition coefficient (Wildman–Crippen LogP) is 2.64. The minimum Gasteiger partial charge on any atom is -0.388 e. The van der Waals surface area contributed by atoms with E-state index in [0.717, 1.165) is 63.6 Å². The summed E-state index contributed by atoms with van der Waals surface area (Å²) in [5, 5.41) is 13.6. The van der Waals surface area contributed by atoms with E-state index >= 15 is 0 Å². The second kappa shape index (κ2) is 7.60. The van der Waals surface area contributed by atoms with Crippen LogP contribution >= 0.6 is 0 Å². The van der Waals surface area contributed by atoms with Gasteiger partial charge in [-0.3, -0.25) is 9.69 Å². The maximum atomic E-state index is 12.9. The SMILES string of the molecule is O=C1NC2(CCCCC2)C(=O)N1CN1CCC([C@H](O)c2ccccc2)CC1. The fraction of sp³-hybridized carbons (Fsp3) is 0.619. The van der Waals surface area contributed by atoms with Crippen molar-refractivity contribution >= 4 is 11.9 Å². The van der Waals surface area contributed by atoms with Gasteiger partial charge in [0.25, 0.3) is 5.91 Å². The molecule has 2 aliphatic heterocycles. The van der Waals surface area contributed by atoms with Crippen molar-refractivity contribution in [3.8, 4) is 0 Å². The van der Waals surface area contributed by atoms with Crippen LogP contribution in [0.15, 0.2) is 30.3 Å². The molecule has 3 fully saturated rings. The van der Waals surface area contributed by atoms with Crippen molar-refractivity contribution in [3.05, 3.63) is 35.9 Å². The Kier molecular flexibility index (Phi) is 5.19. The molecule has 3 amide bonds. The predicted molar refractivity (Wildman–Crippen MR) is 102 cm³/mol. The molecule has 2 N–H and O–H groups in total. The van der Waals surface area contributed by atoms with Gasteiger partial charge in [-0.05, 0) is 37.2 Å². The molecule has 4 rings (SSSR count). The van der Waals surface area contributed by atoms with E-state index in [1.54, 1.807) is 0 Å². The number of likely N-dealkylation sites (tertiary alicyclic amines) is 1. The van der Waals surface area contributed by atoms with Gasteiger partial charge in [-0.15, -0.1) is 0 Å². The quantitative estimate of drug-likeness (QED) is 0.798. The molecule has 3 aliphatic rings. The molecule has 146 valence electrons. The highest BCUT2D eigenvalue weighted by molar-refractivity contribution is 6.07. The van der Waals surface area contributed by atoms with Gasteiger partial charge in [-0.25, -0.2) is 9.69 Å². The van der Waals surface area contributed by atoms with Crippen LogP contribution in [0.4, 0.5) is 4.79 Å². The monoisotopic (exact) mass is 371 g/mol. The summed E-state index contributed by atoms with van der Waals surface area (Å²) < 4.78 is 0. The smallest absolute Gasteiger partial charge is 0.326 e. The van der Waals surface area contributed by atoms with Crippen molar-refractivity contribution in [2.24, 2.45) is 5.92 Å².